The van der Waals surface area contributed by atoms with Gasteiger partial charge in [-0.25, -0.2) is 0 Å². The number of amides is 1. The highest BCUT2D eigenvalue weighted by atomic mass is 16.2. The number of nitrogens with zero attached hydrogens (tertiary/aromatic N) is 2. The van der Waals surface area contributed by atoms with E-state index in [2.05, 4.69) is 29.6 Å². The fourth-order valence-corrected chi connectivity index (χ4v) is 4.35. The van der Waals surface area contributed by atoms with Gasteiger partial charge in [0.2, 0.25) is 5.91 Å². The van der Waals surface area contributed by atoms with Gasteiger partial charge < -0.3 is 10.6 Å². The molecule has 5 heteroatoms. The molecule has 0 unspecified atom stereocenters. The molecule has 0 aromatic carbocycles. The summed E-state index contributed by atoms with van der Waals surface area (Å²) in [6.45, 7) is 7.11. The van der Waals surface area contributed by atoms with Gasteiger partial charge in [-0.05, 0) is 62.6 Å². The van der Waals surface area contributed by atoms with Crippen molar-refractivity contribution < 1.29 is 4.79 Å². The van der Waals surface area contributed by atoms with Gasteiger partial charge in [-0.3, -0.25) is 9.48 Å². The fraction of sp³-hybridized carbons (Fsp3) is 0.778. The Morgan fingerprint density at radius 3 is 2.57 bits per heavy atom. The summed E-state index contributed by atoms with van der Waals surface area (Å²) in [5.41, 5.74) is -0.181. The first-order valence-corrected chi connectivity index (χ1v) is 9.06. The largest absolute Gasteiger partial charge is 0.353 e. The zero-order valence-electron chi connectivity index (χ0n) is 14.5. The zero-order chi connectivity index (χ0) is 16.3. The lowest BCUT2D eigenvalue weighted by Crippen LogP contribution is -2.56. The lowest BCUT2D eigenvalue weighted by atomic mass is 9.64. The highest BCUT2D eigenvalue weighted by molar-refractivity contribution is 5.84. The van der Waals surface area contributed by atoms with Gasteiger partial charge in [0.05, 0.1) is 0 Å². The van der Waals surface area contributed by atoms with Crippen molar-refractivity contribution in [3.8, 4) is 0 Å². The number of nitrogens with one attached hydrogen (secondary N) is 2. The minimum Gasteiger partial charge on any atom is -0.353 e. The number of piperidine rings is 1. The second kappa shape index (κ2) is 6.63. The smallest absolute Gasteiger partial charge is 0.248 e. The maximum absolute atomic E-state index is 13.1. The summed E-state index contributed by atoms with van der Waals surface area (Å²) in [5, 5.41) is 11.0. The first-order valence-electron chi connectivity index (χ1n) is 9.06. The van der Waals surface area contributed by atoms with Crippen LogP contribution in [0.2, 0.25) is 0 Å². The predicted octanol–water partition coefficient (Wildman–Crippen LogP) is 2.29. The Hall–Kier alpha value is -1.36. The molecule has 1 saturated heterocycles. The molecule has 2 N–H and O–H groups in total. The summed E-state index contributed by atoms with van der Waals surface area (Å²) in [5.74, 6) is 0.837. The number of rotatable bonds is 6. The summed E-state index contributed by atoms with van der Waals surface area (Å²) in [7, 11) is 0. The average Bonchev–Trinajstić information content (AvgIpc) is 3.04. The van der Waals surface area contributed by atoms with E-state index in [1.807, 2.05) is 16.9 Å². The third-order valence-electron chi connectivity index (χ3n) is 5.68. The van der Waals surface area contributed by atoms with Crippen LogP contribution in [0.3, 0.4) is 0 Å². The fourth-order valence-electron chi connectivity index (χ4n) is 4.35. The molecular formula is C18H30N4O. The second-order valence-electron chi connectivity index (χ2n) is 7.87. The molecule has 1 aromatic rings. The highest BCUT2D eigenvalue weighted by Crippen LogP contribution is 2.45. The number of hydrogen-bond acceptors (Lipinski definition) is 3. The summed E-state index contributed by atoms with van der Waals surface area (Å²) >= 11 is 0. The average molecular weight is 318 g/mol. The van der Waals surface area contributed by atoms with Crippen molar-refractivity contribution in [3.05, 3.63) is 18.5 Å². The number of aromatic nitrogens is 2. The Labute approximate surface area is 139 Å². The molecule has 1 saturated carbocycles. The van der Waals surface area contributed by atoms with Crippen molar-refractivity contribution in [1.82, 2.24) is 20.4 Å². The Balaban J connectivity index is 1.70. The van der Waals surface area contributed by atoms with Crippen molar-refractivity contribution in [2.24, 2.45) is 11.3 Å². The maximum atomic E-state index is 13.1. The van der Waals surface area contributed by atoms with Crippen LogP contribution >= 0.6 is 0 Å². The van der Waals surface area contributed by atoms with Crippen LogP contribution in [-0.2, 0) is 10.3 Å². The minimum absolute atomic E-state index is 0.151. The lowest BCUT2D eigenvalue weighted by Gasteiger charge is -2.44. The molecule has 128 valence electrons. The van der Waals surface area contributed by atoms with Gasteiger partial charge in [-0.1, -0.05) is 20.3 Å². The van der Waals surface area contributed by atoms with E-state index in [1.165, 1.54) is 25.7 Å². The Morgan fingerprint density at radius 2 is 2.04 bits per heavy atom. The van der Waals surface area contributed by atoms with Crippen LogP contribution in [0.4, 0.5) is 0 Å². The SMILES string of the molecule is CC(C)CC1(CNC(=O)C2(n3cccn3)CCNCC2)CCC1. The van der Waals surface area contributed by atoms with E-state index in [0.717, 1.165) is 32.5 Å². The molecule has 1 aliphatic heterocycles. The topological polar surface area (TPSA) is 59.0 Å². The van der Waals surface area contributed by atoms with Crippen LogP contribution in [0.5, 0.6) is 0 Å². The van der Waals surface area contributed by atoms with Crippen molar-refractivity contribution in [2.75, 3.05) is 19.6 Å². The molecule has 0 radical (unpaired) electrons. The van der Waals surface area contributed by atoms with E-state index in [-0.39, 0.29) is 5.91 Å². The van der Waals surface area contributed by atoms with Crippen molar-refractivity contribution in [3.63, 3.8) is 0 Å². The van der Waals surface area contributed by atoms with Crippen LogP contribution in [0.25, 0.3) is 0 Å². The quantitative estimate of drug-likeness (QED) is 0.846. The molecule has 1 amide bonds. The maximum Gasteiger partial charge on any atom is 0.248 e. The number of carbonyl (C=O) groups excluding carboxylic acids is 1. The lowest BCUT2D eigenvalue weighted by molar-refractivity contribution is -0.133. The molecule has 0 atom stereocenters. The third kappa shape index (κ3) is 3.30. The van der Waals surface area contributed by atoms with Gasteiger partial charge >= 0.3 is 0 Å². The van der Waals surface area contributed by atoms with Crippen molar-refractivity contribution in [2.45, 2.75) is 57.9 Å². The Morgan fingerprint density at radius 1 is 1.30 bits per heavy atom. The third-order valence-corrected chi connectivity index (χ3v) is 5.68. The summed E-state index contributed by atoms with van der Waals surface area (Å²) < 4.78 is 1.87. The number of hydrogen-bond donors (Lipinski definition) is 2. The molecule has 5 nitrogen and oxygen atoms in total. The second-order valence-corrected chi connectivity index (χ2v) is 7.87. The van der Waals surface area contributed by atoms with Crippen molar-refractivity contribution >= 4 is 5.91 Å². The monoisotopic (exact) mass is 318 g/mol. The molecule has 1 aliphatic carbocycles. The number of carbonyl (C=O) groups is 1. The zero-order valence-corrected chi connectivity index (χ0v) is 14.5. The summed E-state index contributed by atoms with van der Waals surface area (Å²) in [6.07, 6.45) is 10.3. The molecule has 2 fully saturated rings. The Kier molecular flexibility index (Phi) is 4.76. The van der Waals surface area contributed by atoms with E-state index in [4.69, 9.17) is 0 Å². The van der Waals surface area contributed by atoms with Gasteiger partial charge in [0.25, 0.3) is 0 Å². The Bertz CT molecular complexity index is 513. The normalized spacial score (nSPS) is 22.6. The summed E-state index contributed by atoms with van der Waals surface area (Å²) in [4.78, 5) is 13.1. The first-order chi connectivity index (χ1) is 11.1. The molecule has 0 spiro atoms. The van der Waals surface area contributed by atoms with Gasteiger partial charge in [-0.2, -0.15) is 5.10 Å². The standard InChI is InChI=1S/C18H30N4O/c1-15(2)13-17(5-3-6-17)14-20-16(23)18(7-10-19-11-8-18)22-12-4-9-21-22/h4,9,12,15,19H,3,5-8,10-11,13-14H2,1-2H3,(H,20,23). The molecule has 0 bridgehead atoms. The van der Waals surface area contributed by atoms with Crippen LogP contribution in [0, 0.1) is 11.3 Å². The molecule has 3 rings (SSSR count). The predicted molar refractivity (Wildman–Crippen MR) is 91.1 cm³/mol. The van der Waals surface area contributed by atoms with E-state index >= 15 is 0 Å². The van der Waals surface area contributed by atoms with Crippen LogP contribution in [-0.4, -0.2) is 35.3 Å². The van der Waals surface area contributed by atoms with Gasteiger partial charge in [0.15, 0.2) is 0 Å². The molecule has 2 heterocycles. The van der Waals surface area contributed by atoms with Gasteiger partial charge in [-0.15, -0.1) is 0 Å². The van der Waals surface area contributed by atoms with Crippen molar-refractivity contribution in [1.29, 1.82) is 0 Å². The van der Waals surface area contributed by atoms with Crippen LogP contribution in [0.1, 0.15) is 52.4 Å². The van der Waals surface area contributed by atoms with E-state index in [1.54, 1.807) is 6.20 Å². The van der Waals surface area contributed by atoms with Gasteiger partial charge in [0.1, 0.15) is 5.54 Å². The van der Waals surface area contributed by atoms with Crippen LogP contribution in [0.15, 0.2) is 18.5 Å². The highest BCUT2D eigenvalue weighted by Gasteiger charge is 2.44. The summed E-state index contributed by atoms with van der Waals surface area (Å²) in [6, 6.07) is 1.91. The van der Waals surface area contributed by atoms with Gasteiger partial charge in [0, 0.05) is 18.9 Å². The molecule has 23 heavy (non-hydrogen) atoms. The van der Waals surface area contributed by atoms with Crippen LogP contribution < -0.4 is 10.6 Å². The molecule has 1 aromatic heterocycles. The minimum atomic E-state index is -0.516. The van der Waals surface area contributed by atoms with E-state index in [9.17, 15) is 4.79 Å². The van der Waals surface area contributed by atoms with E-state index < -0.39 is 5.54 Å². The first kappa shape index (κ1) is 16.5. The molecular weight excluding hydrogens is 288 g/mol. The van der Waals surface area contributed by atoms with E-state index in [0.29, 0.717) is 11.3 Å². The molecule has 2 aliphatic rings.